The van der Waals surface area contributed by atoms with Crippen molar-refractivity contribution in [2.75, 3.05) is 25.5 Å². The molecule has 8 nitrogen and oxygen atoms in total. The van der Waals surface area contributed by atoms with Crippen LogP contribution in [0, 0.1) is 13.8 Å². The fourth-order valence-electron chi connectivity index (χ4n) is 3.11. The largest absolute Gasteiger partial charge is 0.465 e. The minimum absolute atomic E-state index is 0.152. The van der Waals surface area contributed by atoms with Crippen molar-refractivity contribution in [2.45, 2.75) is 20.3 Å². The number of urea groups is 1. The van der Waals surface area contributed by atoms with Gasteiger partial charge in [-0.25, -0.2) is 19.6 Å². The molecule has 3 amide bonds. The van der Waals surface area contributed by atoms with Gasteiger partial charge in [0, 0.05) is 25.0 Å². The van der Waals surface area contributed by atoms with E-state index in [0.29, 0.717) is 19.5 Å². The van der Waals surface area contributed by atoms with Crippen LogP contribution in [0.25, 0.3) is 0 Å². The quantitative estimate of drug-likeness (QED) is 0.824. The summed E-state index contributed by atoms with van der Waals surface area (Å²) in [4.78, 5) is 41.2. The second kappa shape index (κ2) is 8.08. The van der Waals surface area contributed by atoms with Crippen molar-refractivity contribution in [2.24, 2.45) is 0 Å². The van der Waals surface area contributed by atoms with E-state index in [1.165, 1.54) is 35.5 Å². The second-order valence-electron chi connectivity index (χ2n) is 6.53. The van der Waals surface area contributed by atoms with Gasteiger partial charge in [-0.3, -0.25) is 9.78 Å². The predicted molar refractivity (Wildman–Crippen MR) is 103 cm³/mol. The highest BCUT2D eigenvalue weighted by Gasteiger charge is 2.32. The molecule has 0 radical (unpaired) electrons. The molecule has 0 bridgehead atoms. The molecule has 1 aliphatic heterocycles. The van der Waals surface area contributed by atoms with E-state index in [0.717, 1.165) is 16.8 Å². The molecule has 0 atom stereocenters. The van der Waals surface area contributed by atoms with Gasteiger partial charge in [0.15, 0.2) is 0 Å². The number of esters is 1. The van der Waals surface area contributed by atoms with Crippen LogP contribution in [0.5, 0.6) is 0 Å². The van der Waals surface area contributed by atoms with Gasteiger partial charge in [0.25, 0.3) is 5.91 Å². The Hall–Kier alpha value is -3.42. The lowest BCUT2D eigenvalue weighted by molar-refractivity contribution is 0.0398. The van der Waals surface area contributed by atoms with Crippen molar-refractivity contribution in [3.05, 3.63) is 58.9 Å². The highest BCUT2D eigenvalue weighted by molar-refractivity contribution is 5.97. The second-order valence-corrected chi connectivity index (χ2v) is 6.53. The van der Waals surface area contributed by atoms with Crippen LogP contribution in [0.1, 0.15) is 38.4 Å². The first-order valence-corrected chi connectivity index (χ1v) is 8.93. The van der Waals surface area contributed by atoms with Crippen LogP contribution in [0.2, 0.25) is 0 Å². The van der Waals surface area contributed by atoms with Crippen LogP contribution in [0.15, 0.2) is 36.5 Å². The third kappa shape index (κ3) is 3.80. The number of carbonyl (C=O) groups excluding carboxylic acids is 3. The van der Waals surface area contributed by atoms with E-state index in [9.17, 15) is 14.4 Å². The molecule has 0 aliphatic carbocycles. The summed E-state index contributed by atoms with van der Waals surface area (Å²) >= 11 is 0. The number of methoxy groups -OCH3 is 1. The monoisotopic (exact) mass is 382 g/mol. The zero-order valence-corrected chi connectivity index (χ0v) is 16.1. The van der Waals surface area contributed by atoms with Crippen LogP contribution in [0.4, 0.5) is 10.5 Å². The van der Waals surface area contributed by atoms with Gasteiger partial charge in [-0.15, -0.1) is 0 Å². The van der Waals surface area contributed by atoms with E-state index in [2.05, 4.69) is 15.0 Å². The smallest absolute Gasteiger partial charge is 0.340 e. The summed E-state index contributed by atoms with van der Waals surface area (Å²) in [6.07, 6.45) is 1.96. The molecule has 1 saturated heterocycles. The third-order valence-corrected chi connectivity index (χ3v) is 4.62. The molecule has 1 aromatic heterocycles. The maximum atomic E-state index is 12.8. The molecular weight excluding hydrogens is 360 g/mol. The van der Waals surface area contributed by atoms with Gasteiger partial charge in [0.1, 0.15) is 5.69 Å². The van der Waals surface area contributed by atoms with E-state index in [1.807, 2.05) is 32.0 Å². The van der Waals surface area contributed by atoms with E-state index < -0.39 is 11.9 Å². The number of anilines is 1. The number of aromatic nitrogens is 1. The Kier molecular flexibility index (Phi) is 5.58. The summed E-state index contributed by atoms with van der Waals surface area (Å²) in [7, 11) is 1.28. The van der Waals surface area contributed by atoms with E-state index in [1.54, 1.807) is 0 Å². The summed E-state index contributed by atoms with van der Waals surface area (Å²) in [5.74, 6) is -0.923. The average Bonchev–Trinajstić information content (AvgIpc) is 3.19. The first-order chi connectivity index (χ1) is 13.4. The number of aryl methyl sites for hydroxylation is 2. The predicted octanol–water partition coefficient (Wildman–Crippen LogP) is 2.78. The van der Waals surface area contributed by atoms with E-state index >= 15 is 0 Å². The standard InChI is InChI=1S/C20H22N4O4/c1-13-6-4-7-14(2)17(13)22-20(27)24-11-5-10-23(24)18(25)16-9-8-15(12-21-16)19(26)28-3/h4,6-9,12H,5,10-11H2,1-3H3,(H,22,27). The zero-order chi connectivity index (χ0) is 20.3. The number of nitrogens with zero attached hydrogens (tertiary/aromatic N) is 3. The number of pyridine rings is 1. The van der Waals surface area contributed by atoms with Crippen LogP contribution in [-0.4, -0.2) is 53.1 Å². The number of hydrogen-bond donors (Lipinski definition) is 1. The van der Waals surface area contributed by atoms with Crippen LogP contribution < -0.4 is 5.32 Å². The molecule has 1 aromatic carbocycles. The fraction of sp³-hybridized carbons (Fsp3) is 0.300. The fourth-order valence-corrected chi connectivity index (χ4v) is 3.11. The highest BCUT2D eigenvalue weighted by atomic mass is 16.5. The number of ether oxygens (including phenoxy) is 1. The summed E-state index contributed by atoms with van der Waals surface area (Å²) < 4.78 is 4.63. The number of rotatable bonds is 3. The first kappa shape index (κ1) is 19.3. The number of nitrogens with one attached hydrogen (secondary N) is 1. The SMILES string of the molecule is COC(=O)c1ccc(C(=O)N2CCCN2C(=O)Nc2c(C)cccc2C)nc1. The molecule has 1 aliphatic rings. The summed E-state index contributed by atoms with van der Waals surface area (Å²) in [5.41, 5.74) is 3.05. The van der Waals surface area contributed by atoms with Gasteiger partial charge in [0.2, 0.25) is 0 Å². The topological polar surface area (TPSA) is 91.8 Å². The van der Waals surface area contributed by atoms with Gasteiger partial charge < -0.3 is 10.1 Å². The van der Waals surface area contributed by atoms with Gasteiger partial charge in [0.05, 0.1) is 12.7 Å². The Labute approximate surface area is 163 Å². The number of amides is 3. The summed E-state index contributed by atoms with van der Waals surface area (Å²) in [6, 6.07) is 8.33. The van der Waals surface area contributed by atoms with Gasteiger partial charge in [-0.05, 0) is 43.5 Å². The molecule has 146 valence electrons. The Morgan fingerprint density at radius 2 is 1.71 bits per heavy atom. The minimum Gasteiger partial charge on any atom is -0.465 e. The lowest BCUT2D eigenvalue weighted by atomic mass is 10.1. The Bertz CT molecular complexity index is 891. The van der Waals surface area contributed by atoms with E-state index in [-0.39, 0.29) is 17.3 Å². The molecule has 2 heterocycles. The van der Waals surface area contributed by atoms with Gasteiger partial charge in [-0.2, -0.15) is 0 Å². The molecule has 1 N–H and O–H groups in total. The van der Waals surface area contributed by atoms with Gasteiger partial charge in [-0.1, -0.05) is 18.2 Å². The van der Waals surface area contributed by atoms with Crippen molar-refractivity contribution >= 4 is 23.6 Å². The number of carbonyl (C=O) groups is 3. The van der Waals surface area contributed by atoms with Crippen molar-refractivity contribution < 1.29 is 19.1 Å². The highest BCUT2D eigenvalue weighted by Crippen LogP contribution is 2.22. The molecular formula is C20H22N4O4. The summed E-state index contributed by atoms with van der Waals surface area (Å²) in [6.45, 7) is 4.69. The number of benzene rings is 1. The molecule has 1 fully saturated rings. The van der Waals surface area contributed by atoms with Crippen LogP contribution >= 0.6 is 0 Å². The van der Waals surface area contributed by atoms with E-state index in [4.69, 9.17) is 0 Å². The molecule has 2 aromatic rings. The van der Waals surface area contributed by atoms with Crippen LogP contribution in [0.3, 0.4) is 0 Å². The molecule has 0 unspecified atom stereocenters. The Balaban J connectivity index is 1.75. The maximum Gasteiger partial charge on any atom is 0.340 e. The Morgan fingerprint density at radius 1 is 1.04 bits per heavy atom. The molecule has 8 heteroatoms. The average molecular weight is 382 g/mol. The molecule has 3 rings (SSSR count). The van der Waals surface area contributed by atoms with Crippen molar-refractivity contribution in [1.82, 2.24) is 15.0 Å². The van der Waals surface area contributed by atoms with Crippen molar-refractivity contribution in [3.8, 4) is 0 Å². The lowest BCUT2D eigenvalue weighted by Crippen LogP contribution is -2.47. The zero-order valence-electron chi connectivity index (χ0n) is 16.1. The number of hydrazine groups is 1. The minimum atomic E-state index is -0.526. The molecule has 0 spiro atoms. The summed E-state index contributed by atoms with van der Waals surface area (Å²) in [5, 5.41) is 5.67. The normalized spacial score (nSPS) is 13.4. The first-order valence-electron chi connectivity index (χ1n) is 8.93. The van der Waals surface area contributed by atoms with Crippen LogP contribution in [-0.2, 0) is 4.74 Å². The van der Waals surface area contributed by atoms with Crippen molar-refractivity contribution in [1.29, 1.82) is 0 Å². The van der Waals surface area contributed by atoms with Gasteiger partial charge >= 0.3 is 12.0 Å². The number of hydrogen-bond acceptors (Lipinski definition) is 5. The molecule has 0 saturated carbocycles. The lowest BCUT2D eigenvalue weighted by Gasteiger charge is -2.28. The maximum absolute atomic E-state index is 12.8. The number of para-hydroxylation sites is 1. The third-order valence-electron chi connectivity index (χ3n) is 4.62. The Morgan fingerprint density at radius 3 is 2.32 bits per heavy atom. The molecule has 28 heavy (non-hydrogen) atoms. The van der Waals surface area contributed by atoms with Crippen molar-refractivity contribution in [3.63, 3.8) is 0 Å².